The molecule has 0 saturated heterocycles. The van der Waals surface area contributed by atoms with E-state index in [1.165, 1.54) is 5.56 Å². The minimum Gasteiger partial charge on any atom is -0.219 e. The fourth-order valence-electron chi connectivity index (χ4n) is 1.11. The molecule has 0 bridgehead atoms. The number of aryl methyl sites for hydroxylation is 2. The first-order valence-corrected chi connectivity index (χ1v) is 3.97. The van der Waals surface area contributed by atoms with Crippen LogP contribution in [-0.4, -0.2) is 19.6 Å². The molecule has 0 aliphatic rings. The second-order valence-electron chi connectivity index (χ2n) is 2.72. The third-order valence-electron chi connectivity index (χ3n) is 1.76. The van der Waals surface area contributed by atoms with Crippen LogP contribution in [0.1, 0.15) is 18.3 Å². The van der Waals surface area contributed by atoms with Crippen molar-refractivity contribution in [3.8, 4) is 0 Å². The van der Waals surface area contributed by atoms with Crippen molar-refractivity contribution < 1.29 is 0 Å². The average molecular weight is 162 g/mol. The van der Waals surface area contributed by atoms with Gasteiger partial charge in [0.1, 0.15) is 5.82 Å². The Labute approximate surface area is 70.3 Å². The molecule has 4 nitrogen and oxygen atoms in total. The Balaban J connectivity index is 2.66. The normalized spacial score (nSPS) is 10.8. The Kier molecular flexibility index (Phi) is 1.53. The lowest BCUT2D eigenvalue weighted by atomic mass is 10.3. The van der Waals surface area contributed by atoms with Gasteiger partial charge in [-0.15, -0.1) is 0 Å². The van der Waals surface area contributed by atoms with Crippen LogP contribution in [0.4, 0.5) is 0 Å². The molecule has 0 spiro atoms. The summed E-state index contributed by atoms with van der Waals surface area (Å²) in [7, 11) is 0. The molecule has 2 rings (SSSR count). The lowest BCUT2D eigenvalue weighted by Crippen LogP contribution is -1.93. The van der Waals surface area contributed by atoms with Crippen molar-refractivity contribution in [1.29, 1.82) is 0 Å². The molecule has 2 aromatic heterocycles. The van der Waals surface area contributed by atoms with Crippen LogP contribution in [0.3, 0.4) is 0 Å². The van der Waals surface area contributed by atoms with E-state index in [1.807, 2.05) is 19.3 Å². The van der Waals surface area contributed by atoms with Crippen molar-refractivity contribution in [1.82, 2.24) is 19.6 Å². The monoisotopic (exact) mass is 162 g/mol. The zero-order valence-electron chi connectivity index (χ0n) is 7.15. The van der Waals surface area contributed by atoms with E-state index in [2.05, 4.69) is 22.0 Å². The summed E-state index contributed by atoms with van der Waals surface area (Å²) < 4.78 is 1.72. The largest absolute Gasteiger partial charge is 0.252 e. The lowest BCUT2D eigenvalue weighted by molar-refractivity contribution is 0.893. The molecular weight excluding hydrogens is 152 g/mol. The van der Waals surface area contributed by atoms with Gasteiger partial charge in [0.15, 0.2) is 0 Å². The van der Waals surface area contributed by atoms with E-state index < -0.39 is 0 Å². The first kappa shape index (κ1) is 7.21. The summed E-state index contributed by atoms with van der Waals surface area (Å²) in [6.07, 6.45) is 4.77. The van der Waals surface area contributed by atoms with Gasteiger partial charge in [-0.1, -0.05) is 6.92 Å². The van der Waals surface area contributed by atoms with Crippen molar-refractivity contribution >= 4 is 5.78 Å². The number of rotatable bonds is 1. The van der Waals surface area contributed by atoms with E-state index in [1.54, 1.807) is 4.52 Å². The van der Waals surface area contributed by atoms with Crippen LogP contribution in [0.15, 0.2) is 12.4 Å². The molecule has 0 fully saturated rings. The van der Waals surface area contributed by atoms with Gasteiger partial charge in [-0.05, 0) is 18.9 Å². The molecule has 12 heavy (non-hydrogen) atoms. The van der Waals surface area contributed by atoms with Crippen LogP contribution in [0, 0.1) is 6.92 Å². The Morgan fingerprint density at radius 2 is 2.33 bits per heavy atom. The molecule has 2 aromatic rings. The molecule has 0 unspecified atom stereocenters. The summed E-state index contributed by atoms with van der Waals surface area (Å²) in [5.74, 6) is 1.43. The zero-order chi connectivity index (χ0) is 8.55. The molecule has 0 radical (unpaired) electrons. The van der Waals surface area contributed by atoms with Crippen LogP contribution in [0.2, 0.25) is 0 Å². The summed E-state index contributed by atoms with van der Waals surface area (Å²) in [4.78, 5) is 8.29. The van der Waals surface area contributed by atoms with E-state index in [0.29, 0.717) is 5.78 Å². The molecule has 0 atom stereocenters. The number of hydrogen-bond donors (Lipinski definition) is 0. The van der Waals surface area contributed by atoms with Gasteiger partial charge in [-0.3, -0.25) is 0 Å². The van der Waals surface area contributed by atoms with Crippen LogP contribution < -0.4 is 0 Å². The topological polar surface area (TPSA) is 43.1 Å². The maximum atomic E-state index is 4.16. The number of nitrogens with zero attached hydrogens (tertiary/aromatic N) is 4. The SMILES string of the molecule is CCc1cnc2nc(C)nn2c1. The summed E-state index contributed by atoms with van der Waals surface area (Å²) >= 11 is 0. The van der Waals surface area contributed by atoms with Gasteiger partial charge in [-0.25, -0.2) is 9.50 Å². The predicted molar refractivity (Wildman–Crippen MR) is 44.9 cm³/mol. The van der Waals surface area contributed by atoms with Crippen LogP contribution in [0.25, 0.3) is 5.78 Å². The first-order valence-electron chi connectivity index (χ1n) is 3.97. The van der Waals surface area contributed by atoms with Gasteiger partial charge in [0, 0.05) is 12.4 Å². The van der Waals surface area contributed by atoms with Gasteiger partial charge in [0.25, 0.3) is 5.78 Å². The molecule has 0 N–H and O–H groups in total. The maximum absolute atomic E-state index is 4.16. The van der Waals surface area contributed by atoms with Gasteiger partial charge < -0.3 is 0 Å². The molecule has 62 valence electrons. The van der Waals surface area contributed by atoms with Gasteiger partial charge in [-0.2, -0.15) is 10.1 Å². The molecule has 0 aliphatic carbocycles. The smallest absolute Gasteiger partial charge is 0.219 e. The summed E-state index contributed by atoms with van der Waals surface area (Å²) in [5, 5.41) is 4.16. The highest BCUT2D eigenvalue weighted by atomic mass is 15.3. The molecule has 2 heterocycles. The molecule has 0 saturated carbocycles. The minimum atomic E-state index is 0.671. The Hall–Kier alpha value is -1.45. The van der Waals surface area contributed by atoms with Crippen molar-refractivity contribution in [3.05, 3.63) is 23.8 Å². The van der Waals surface area contributed by atoms with Gasteiger partial charge in [0.05, 0.1) is 0 Å². The fourth-order valence-corrected chi connectivity index (χ4v) is 1.11. The van der Waals surface area contributed by atoms with Crippen molar-refractivity contribution in [3.63, 3.8) is 0 Å². The third-order valence-corrected chi connectivity index (χ3v) is 1.76. The quantitative estimate of drug-likeness (QED) is 0.628. The van der Waals surface area contributed by atoms with E-state index in [4.69, 9.17) is 0 Å². The summed E-state index contributed by atoms with van der Waals surface area (Å²) in [5.41, 5.74) is 1.17. The fraction of sp³-hybridized carbons (Fsp3) is 0.375. The molecule has 0 aromatic carbocycles. The lowest BCUT2D eigenvalue weighted by Gasteiger charge is -1.94. The van der Waals surface area contributed by atoms with Gasteiger partial charge in [0.2, 0.25) is 0 Å². The van der Waals surface area contributed by atoms with E-state index in [9.17, 15) is 0 Å². The van der Waals surface area contributed by atoms with Crippen molar-refractivity contribution in [2.24, 2.45) is 0 Å². The number of fused-ring (bicyclic) bond motifs is 1. The maximum Gasteiger partial charge on any atom is 0.252 e. The Bertz CT molecular complexity index is 404. The second kappa shape index (κ2) is 2.55. The highest BCUT2D eigenvalue weighted by Gasteiger charge is 1.99. The zero-order valence-corrected chi connectivity index (χ0v) is 7.15. The van der Waals surface area contributed by atoms with E-state index in [0.717, 1.165) is 12.2 Å². The number of hydrogen-bond acceptors (Lipinski definition) is 3. The Morgan fingerprint density at radius 3 is 3.08 bits per heavy atom. The number of aromatic nitrogens is 4. The van der Waals surface area contributed by atoms with Crippen LogP contribution in [-0.2, 0) is 6.42 Å². The molecule has 0 amide bonds. The van der Waals surface area contributed by atoms with E-state index >= 15 is 0 Å². The average Bonchev–Trinajstić information content (AvgIpc) is 2.43. The minimum absolute atomic E-state index is 0.671. The van der Waals surface area contributed by atoms with Gasteiger partial charge >= 0.3 is 0 Å². The Morgan fingerprint density at radius 1 is 1.50 bits per heavy atom. The first-order chi connectivity index (χ1) is 5.79. The molecule has 4 heteroatoms. The predicted octanol–water partition coefficient (Wildman–Crippen LogP) is 0.995. The standard InChI is InChI=1S/C8H10N4/c1-3-7-4-9-8-10-6(2)11-12(8)5-7/h4-5H,3H2,1-2H3. The third kappa shape index (κ3) is 1.05. The van der Waals surface area contributed by atoms with Crippen LogP contribution >= 0.6 is 0 Å². The van der Waals surface area contributed by atoms with E-state index in [-0.39, 0.29) is 0 Å². The summed E-state index contributed by atoms with van der Waals surface area (Å²) in [6.45, 7) is 3.95. The summed E-state index contributed by atoms with van der Waals surface area (Å²) in [6, 6.07) is 0. The highest BCUT2D eigenvalue weighted by molar-refractivity contribution is 5.27. The van der Waals surface area contributed by atoms with Crippen LogP contribution in [0.5, 0.6) is 0 Å². The molecular formula is C8H10N4. The van der Waals surface area contributed by atoms with Crippen molar-refractivity contribution in [2.45, 2.75) is 20.3 Å². The molecule has 0 aliphatic heterocycles. The van der Waals surface area contributed by atoms with Crippen molar-refractivity contribution in [2.75, 3.05) is 0 Å². The highest BCUT2D eigenvalue weighted by Crippen LogP contribution is 2.00. The second-order valence-corrected chi connectivity index (χ2v) is 2.72.